The molecule has 3 aliphatic heterocycles. The van der Waals surface area contributed by atoms with Crippen LogP contribution in [0.25, 0.3) is 0 Å². The Bertz CT molecular complexity index is 776. The minimum atomic E-state index is -0.275. The SMILES string of the molecule is CN1CC(=O)N(CCCC(=O)N2CCCC2c2nnc3n2CCCCC3)C1=O. The van der Waals surface area contributed by atoms with Crippen molar-refractivity contribution in [2.45, 2.75) is 64.0 Å². The molecule has 0 bridgehead atoms. The summed E-state index contributed by atoms with van der Waals surface area (Å²) in [6.45, 7) is 2.09. The van der Waals surface area contributed by atoms with Gasteiger partial charge in [-0.1, -0.05) is 6.42 Å². The van der Waals surface area contributed by atoms with Gasteiger partial charge in [0.05, 0.1) is 6.04 Å². The summed E-state index contributed by atoms with van der Waals surface area (Å²) in [5.41, 5.74) is 0. The van der Waals surface area contributed by atoms with Gasteiger partial charge in [-0.25, -0.2) is 4.79 Å². The lowest BCUT2D eigenvalue weighted by molar-refractivity contribution is -0.133. The topological polar surface area (TPSA) is 91.6 Å². The minimum Gasteiger partial charge on any atom is -0.332 e. The van der Waals surface area contributed by atoms with Gasteiger partial charge in [-0.2, -0.15) is 0 Å². The van der Waals surface area contributed by atoms with Crippen LogP contribution in [0.2, 0.25) is 0 Å². The van der Waals surface area contributed by atoms with E-state index in [-0.39, 0.29) is 30.4 Å². The second-order valence-electron chi connectivity index (χ2n) is 7.97. The van der Waals surface area contributed by atoms with Gasteiger partial charge in [-0.05, 0) is 32.1 Å². The lowest BCUT2D eigenvalue weighted by Gasteiger charge is -2.25. The fraction of sp³-hybridized carbons (Fsp3) is 0.737. The van der Waals surface area contributed by atoms with E-state index in [0.717, 1.165) is 56.8 Å². The summed E-state index contributed by atoms with van der Waals surface area (Å²) in [6, 6.07) is -0.282. The molecule has 4 amide bonds. The number of nitrogens with zero attached hydrogens (tertiary/aromatic N) is 6. The van der Waals surface area contributed by atoms with Crippen molar-refractivity contribution in [3.8, 4) is 0 Å². The van der Waals surface area contributed by atoms with Gasteiger partial charge in [0.15, 0.2) is 5.82 Å². The average molecular weight is 388 g/mol. The first-order chi connectivity index (χ1) is 13.6. The quantitative estimate of drug-likeness (QED) is 0.710. The summed E-state index contributed by atoms with van der Waals surface area (Å²) in [6.07, 6.45) is 7.15. The van der Waals surface area contributed by atoms with Crippen LogP contribution >= 0.6 is 0 Å². The zero-order valence-electron chi connectivity index (χ0n) is 16.5. The zero-order chi connectivity index (χ0) is 19.7. The van der Waals surface area contributed by atoms with Crippen LogP contribution in [0.15, 0.2) is 0 Å². The summed E-state index contributed by atoms with van der Waals surface area (Å²) in [4.78, 5) is 41.2. The Morgan fingerprint density at radius 3 is 2.75 bits per heavy atom. The summed E-state index contributed by atoms with van der Waals surface area (Å²) in [5, 5.41) is 8.82. The third kappa shape index (κ3) is 3.49. The van der Waals surface area contributed by atoms with Crippen LogP contribution in [0.5, 0.6) is 0 Å². The number of aryl methyl sites for hydroxylation is 1. The monoisotopic (exact) mass is 388 g/mol. The van der Waals surface area contributed by atoms with E-state index in [1.165, 1.54) is 16.2 Å². The number of likely N-dealkylation sites (tertiary alicyclic amines) is 1. The van der Waals surface area contributed by atoms with Crippen LogP contribution in [0, 0.1) is 0 Å². The molecule has 4 rings (SSSR count). The minimum absolute atomic E-state index is 0.00645. The van der Waals surface area contributed by atoms with Crippen molar-refractivity contribution in [2.24, 2.45) is 0 Å². The molecular formula is C19H28N6O3. The van der Waals surface area contributed by atoms with Gasteiger partial charge in [0.25, 0.3) is 0 Å². The number of aromatic nitrogens is 3. The number of carbonyl (C=O) groups is 3. The molecule has 2 fully saturated rings. The van der Waals surface area contributed by atoms with Gasteiger partial charge >= 0.3 is 6.03 Å². The molecule has 0 N–H and O–H groups in total. The molecule has 2 saturated heterocycles. The van der Waals surface area contributed by atoms with Crippen LogP contribution in [-0.4, -0.2) is 74.0 Å². The molecule has 9 nitrogen and oxygen atoms in total. The van der Waals surface area contributed by atoms with Crippen molar-refractivity contribution in [3.63, 3.8) is 0 Å². The Balaban J connectivity index is 1.37. The third-order valence-corrected chi connectivity index (χ3v) is 6.01. The fourth-order valence-electron chi connectivity index (χ4n) is 4.51. The van der Waals surface area contributed by atoms with Gasteiger partial charge in [0.1, 0.15) is 12.4 Å². The molecule has 1 unspecified atom stereocenters. The zero-order valence-corrected chi connectivity index (χ0v) is 16.5. The molecule has 4 heterocycles. The summed E-state index contributed by atoms with van der Waals surface area (Å²) in [7, 11) is 1.61. The molecule has 0 radical (unpaired) electrons. The summed E-state index contributed by atoms with van der Waals surface area (Å²) >= 11 is 0. The molecular weight excluding hydrogens is 360 g/mol. The van der Waals surface area contributed by atoms with E-state index in [9.17, 15) is 14.4 Å². The van der Waals surface area contributed by atoms with E-state index < -0.39 is 0 Å². The lowest BCUT2D eigenvalue weighted by atomic mass is 10.2. The summed E-state index contributed by atoms with van der Waals surface area (Å²) < 4.78 is 2.22. The van der Waals surface area contributed by atoms with E-state index in [1.807, 2.05) is 4.90 Å². The largest absolute Gasteiger partial charge is 0.332 e. The molecule has 1 atom stereocenters. The number of amides is 4. The molecule has 1 aromatic heterocycles. The van der Waals surface area contributed by atoms with Crippen LogP contribution in [0.1, 0.15) is 62.6 Å². The van der Waals surface area contributed by atoms with Crippen LogP contribution in [0.4, 0.5) is 4.79 Å². The van der Waals surface area contributed by atoms with Gasteiger partial charge < -0.3 is 14.4 Å². The number of likely N-dealkylation sites (N-methyl/N-ethyl adjacent to an activating group) is 1. The Labute approximate surface area is 164 Å². The highest BCUT2D eigenvalue weighted by Crippen LogP contribution is 2.33. The third-order valence-electron chi connectivity index (χ3n) is 6.01. The Kier molecular flexibility index (Phi) is 5.32. The Hall–Kier alpha value is -2.45. The predicted octanol–water partition coefficient (Wildman–Crippen LogP) is 1.34. The maximum Gasteiger partial charge on any atom is 0.326 e. The van der Waals surface area contributed by atoms with Crippen molar-refractivity contribution in [3.05, 3.63) is 11.6 Å². The van der Waals surface area contributed by atoms with Crippen molar-refractivity contribution >= 4 is 17.8 Å². The second kappa shape index (κ2) is 7.89. The second-order valence-corrected chi connectivity index (χ2v) is 7.97. The summed E-state index contributed by atoms with van der Waals surface area (Å²) in [5.74, 6) is 1.85. The normalized spacial score (nSPS) is 22.8. The first-order valence-electron chi connectivity index (χ1n) is 10.3. The highest BCUT2D eigenvalue weighted by Gasteiger charge is 2.35. The lowest BCUT2D eigenvalue weighted by Crippen LogP contribution is -2.35. The predicted molar refractivity (Wildman–Crippen MR) is 100 cm³/mol. The van der Waals surface area contributed by atoms with Gasteiger partial charge in [0.2, 0.25) is 11.8 Å². The van der Waals surface area contributed by atoms with Gasteiger partial charge in [0, 0.05) is 39.5 Å². The standard InChI is InChI=1S/C19H28N6O3/c1-22-13-17(27)25(19(22)28)12-6-9-16(26)23-11-5-7-14(23)18-21-20-15-8-3-2-4-10-24(15)18/h14H,2-13H2,1H3. The van der Waals surface area contributed by atoms with Crippen molar-refractivity contribution < 1.29 is 14.4 Å². The first kappa shape index (κ1) is 18.9. The number of rotatable bonds is 5. The van der Waals surface area contributed by atoms with Crippen molar-refractivity contribution in [2.75, 3.05) is 26.7 Å². The average Bonchev–Trinajstić information content (AvgIpc) is 3.31. The van der Waals surface area contributed by atoms with Crippen molar-refractivity contribution in [1.82, 2.24) is 29.5 Å². The Morgan fingerprint density at radius 2 is 1.96 bits per heavy atom. The van der Waals surface area contributed by atoms with E-state index in [1.54, 1.807) is 7.05 Å². The molecule has 0 saturated carbocycles. The number of fused-ring (bicyclic) bond motifs is 1. The maximum atomic E-state index is 12.9. The molecule has 9 heteroatoms. The van der Waals surface area contributed by atoms with E-state index in [2.05, 4.69) is 14.8 Å². The van der Waals surface area contributed by atoms with E-state index in [0.29, 0.717) is 19.4 Å². The first-order valence-corrected chi connectivity index (χ1v) is 10.3. The van der Waals surface area contributed by atoms with Crippen LogP contribution in [-0.2, 0) is 22.6 Å². The number of urea groups is 1. The smallest absolute Gasteiger partial charge is 0.326 e. The number of carbonyl (C=O) groups excluding carboxylic acids is 3. The molecule has 0 aliphatic carbocycles. The van der Waals surface area contributed by atoms with Gasteiger partial charge in [-0.3, -0.25) is 14.5 Å². The van der Waals surface area contributed by atoms with Crippen molar-refractivity contribution in [1.29, 1.82) is 0 Å². The molecule has 28 heavy (non-hydrogen) atoms. The fourth-order valence-corrected chi connectivity index (χ4v) is 4.51. The number of hydrogen-bond donors (Lipinski definition) is 0. The molecule has 1 aromatic rings. The number of hydrogen-bond acceptors (Lipinski definition) is 5. The van der Waals surface area contributed by atoms with E-state index >= 15 is 0 Å². The van der Waals surface area contributed by atoms with Crippen LogP contribution < -0.4 is 0 Å². The maximum absolute atomic E-state index is 12.9. The van der Waals surface area contributed by atoms with Crippen LogP contribution in [0.3, 0.4) is 0 Å². The molecule has 3 aliphatic rings. The molecule has 0 aromatic carbocycles. The molecule has 0 spiro atoms. The molecule has 152 valence electrons. The van der Waals surface area contributed by atoms with Gasteiger partial charge in [-0.15, -0.1) is 10.2 Å². The highest BCUT2D eigenvalue weighted by atomic mass is 16.2. The Morgan fingerprint density at radius 1 is 1.11 bits per heavy atom. The van der Waals surface area contributed by atoms with E-state index in [4.69, 9.17) is 0 Å². The number of imide groups is 1. The highest BCUT2D eigenvalue weighted by molar-refractivity contribution is 6.01.